The van der Waals surface area contributed by atoms with Crippen LogP contribution in [-0.4, -0.2) is 43.1 Å². The summed E-state index contributed by atoms with van der Waals surface area (Å²) in [6, 6.07) is 5.35. The summed E-state index contributed by atoms with van der Waals surface area (Å²) >= 11 is 0. The first-order valence-electron chi connectivity index (χ1n) is 7.52. The van der Waals surface area contributed by atoms with Crippen molar-refractivity contribution in [2.75, 3.05) is 30.8 Å². The number of carbonyl (C=O) groups is 2. The van der Waals surface area contributed by atoms with Crippen LogP contribution in [-0.2, 0) is 9.53 Å². The van der Waals surface area contributed by atoms with Crippen LogP contribution in [0.1, 0.15) is 25.3 Å². The largest absolute Gasteiger partial charge is 0.380 e. The molecule has 2 N–H and O–H groups in total. The van der Waals surface area contributed by atoms with Crippen molar-refractivity contribution < 1.29 is 14.3 Å². The number of methoxy groups -OCH3 is 1. The topological polar surface area (TPSA) is 70.7 Å². The second kappa shape index (κ2) is 7.26. The average molecular weight is 305 g/mol. The van der Waals surface area contributed by atoms with Gasteiger partial charge >= 0.3 is 6.03 Å². The maximum absolute atomic E-state index is 12.2. The standard InChI is InChI=1S/C16H23N3O3/c1-4-15(20)18-14-9-12(6-5-11(14)2)17-16(21)19-8-7-13(10-19)22-3/h5-6,9,13H,4,7-8,10H2,1-3H3,(H,17,21)(H,18,20)/t13-/m1/s1. The lowest BCUT2D eigenvalue weighted by molar-refractivity contribution is -0.115. The first kappa shape index (κ1) is 16.3. The van der Waals surface area contributed by atoms with Crippen LogP contribution in [0.2, 0.25) is 0 Å². The van der Waals surface area contributed by atoms with E-state index in [0.29, 0.717) is 25.2 Å². The molecule has 0 saturated carbocycles. The summed E-state index contributed by atoms with van der Waals surface area (Å²) in [4.78, 5) is 25.5. The fraction of sp³-hybridized carbons (Fsp3) is 0.500. The van der Waals surface area contributed by atoms with Crippen LogP contribution < -0.4 is 10.6 Å². The van der Waals surface area contributed by atoms with E-state index < -0.39 is 0 Å². The molecular formula is C16H23N3O3. The fourth-order valence-corrected chi connectivity index (χ4v) is 2.38. The van der Waals surface area contributed by atoms with Gasteiger partial charge in [0.05, 0.1) is 6.10 Å². The third-order valence-electron chi connectivity index (χ3n) is 3.85. The van der Waals surface area contributed by atoms with Gasteiger partial charge in [0.25, 0.3) is 0 Å². The number of ether oxygens (including phenoxy) is 1. The third kappa shape index (κ3) is 3.98. The van der Waals surface area contributed by atoms with Crippen molar-refractivity contribution in [3.63, 3.8) is 0 Å². The number of carbonyl (C=O) groups excluding carboxylic acids is 2. The Hall–Kier alpha value is -2.08. The molecule has 120 valence electrons. The van der Waals surface area contributed by atoms with Crippen molar-refractivity contribution in [1.82, 2.24) is 4.90 Å². The number of nitrogens with zero attached hydrogens (tertiary/aromatic N) is 1. The maximum atomic E-state index is 12.2. The molecular weight excluding hydrogens is 282 g/mol. The SMILES string of the molecule is CCC(=O)Nc1cc(NC(=O)N2CC[C@@H](OC)C2)ccc1C. The Balaban J connectivity index is 2.02. The second-order valence-electron chi connectivity index (χ2n) is 5.45. The Kier molecular flexibility index (Phi) is 5.38. The number of hydrogen-bond acceptors (Lipinski definition) is 3. The third-order valence-corrected chi connectivity index (χ3v) is 3.85. The number of hydrogen-bond donors (Lipinski definition) is 2. The molecule has 1 aromatic rings. The predicted octanol–water partition coefficient (Wildman–Crippen LogP) is 2.60. The van der Waals surface area contributed by atoms with Gasteiger partial charge in [0.15, 0.2) is 0 Å². The van der Waals surface area contributed by atoms with Gasteiger partial charge in [-0.25, -0.2) is 4.79 Å². The summed E-state index contributed by atoms with van der Waals surface area (Å²) in [6.07, 6.45) is 1.39. The lowest BCUT2D eigenvalue weighted by atomic mass is 10.1. The highest BCUT2D eigenvalue weighted by Crippen LogP contribution is 2.21. The number of likely N-dealkylation sites (tertiary alicyclic amines) is 1. The second-order valence-corrected chi connectivity index (χ2v) is 5.45. The van der Waals surface area contributed by atoms with Crippen LogP contribution >= 0.6 is 0 Å². The van der Waals surface area contributed by atoms with Crippen molar-refractivity contribution in [3.8, 4) is 0 Å². The van der Waals surface area contributed by atoms with E-state index in [1.165, 1.54) is 0 Å². The molecule has 1 heterocycles. The van der Waals surface area contributed by atoms with E-state index in [9.17, 15) is 9.59 Å². The lowest BCUT2D eigenvalue weighted by Crippen LogP contribution is -2.33. The zero-order chi connectivity index (χ0) is 16.1. The molecule has 1 atom stereocenters. The van der Waals surface area contributed by atoms with Gasteiger partial charge in [-0.1, -0.05) is 13.0 Å². The van der Waals surface area contributed by atoms with Crippen LogP contribution in [0.4, 0.5) is 16.2 Å². The zero-order valence-electron chi connectivity index (χ0n) is 13.3. The molecule has 22 heavy (non-hydrogen) atoms. The molecule has 0 aromatic heterocycles. The molecule has 1 aliphatic heterocycles. The van der Waals surface area contributed by atoms with Gasteiger partial charge in [-0.3, -0.25) is 4.79 Å². The van der Waals surface area contributed by atoms with Gasteiger partial charge in [-0.15, -0.1) is 0 Å². The Morgan fingerprint density at radius 2 is 2.14 bits per heavy atom. The van der Waals surface area contributed by atoms with E-state index in [0.717, 1.165) is 17.7 Å². The highest BCUT2D eigenvalue weighted by atomic mass is 16.5. The first-order valence-corrected chi connectivity index (χ1v) is 7.52. The van der Waals surface area contributed by atoms with Crippen molar-refractivity contribution in [2.45, 2.75) is 32.8 Å². The Bertz CT molecular complexity index is 560. The summed E-state index contributed by atoms with van der Waals surface area (Å²) in [5.74, 6) is -0.0472. The molecule has 1 saturated heterocycles. The first-order chi connectivity index (χ1) is 10.5. The Morgan fingerprint density at radius 3 is 2.77 bits per heavy atom. The molecule has 1 aliphatic rings. The molecule has 2 rings (SSSR count). The van der Waals surface area contributed by atoms with Crippen molar-refractivity contribution in [3.05, 3.63) is 23.8 Å². The highest BCUT2D eigenvalue weighted by Gasteiger charge is 2.26. The highest BCUT2D eigenvalue weighted by molar-refractivity contribution is 5.94. The van der Waals surface area contributed by atoms with E-state index in [1.54, 1.807) is 25.0 Å². The molecule has 0 spiro atoms. The summed E-state index contributed by atoms with van der Waals surface area (Å²) in [6.45, 7) is 5.01. The molecule has 1 fully saturated rings. The number of anilines is 2. The number of nitrogens with one attached hydrogen (secondary N) is 2. The van der Waals surface area contributed by atoms with E-state index in [1.807, 2.05) is 19.1 Å². The van der Waals surface area contributed by atoms with Crippen molar-refractivity contribution in [2.24, 2.45) is 0 Å². The van der Waals surface area contributed by atoms with E-state index in [4.69, 9.17) is 4.74 Å². The predicted molar refractivity (Wildman–Crippen MR) is 86.1 cm³/mol. The number of amides is 3. The molecule has 6 heteroatoms. The molecule has 0 unspecified atom stereocenters. The van der Waals surface area contributed by atoms with Gasteiger partial charge in [0, 0.05) is 38.0 Å². The summed E-state index contributed by atoms with van der Waals surface area (Å²) in [5.41, 5.74) is 2.35. The van der Waals surface area contributed by atoms with Crippen LogP contribution in [0.15, 0.2) is 18.2 Å². The van der Waals surface area contributed by atoms with Crippen LogP contribution in [0.3, 0.4) is 0 Å². The van der Waals surface area contributed by atoms with E-state index in [-0.39, 0.29) is 18.0 Å². The fourth-order valence-electron chi connectivity index (χ4n) is 2.38. The Labute approximate surface area is 130 Å². The van der Waals surface area contributed by atoms with Gasteiger partial charge in [-0.2, -0.15) is 0 Å². The van der Waals surface area contributed by atoms with Crippen molar-refractivity contribution >= 4 is 23.3 Å². The van der Waals surface area contributed by atoms with Gasteiger partial charge in [-0.05, 0) is 31.0 Å². The molecule has 6 nitrogen and oxygen atoms in total. The molecule has 0 bridgehead atoms. The molecule has 1 aromatic carbocycles. The smallest absolute Gasteiger partial charge is 0.321 e. The lowest BCUT2D eigenvalue weighted by Gasteiger charge is -2.18. The maximum Gasteiger partial charge on any atom is 0.321 e. The van der Waals surface area contributed by atoms with Crippen LogP contribution in [0, 0.1) is 6.92 Å². The van der Waals surface area contributed by atoms with Gasteiger partial charge in [0.2, 0.25) is 5.91 Å². The quantitative estimate of drug-likeness (QED) is 0.898. The van der Waals surface area contributed by atoms with Gasteiger partial charge in [0.1, 0.15) is 0 Å². The summed E-state index contributed by atoms with van der Waals surface area (Å²) in [7, 11) is 1.66. The van der Waals surface area contributed by atoms with Crippen LogP contribution in [0.25, 0.3) is 0 Å². The molecule has 0 radical (unpaired) electrons. The van der Waals surface area contributed by atoms with Gasteiger partial charge < -0.3 is 20.3 Å². The normalized spacial score (nSPS) is 17.4. The summed E-state index contributed by atoms with van der Waals surface area (Å²) in [5, 5.41) is 5.70. The monoisotopic (exact) mass is 305 g/mol. The summed E-state index contributed by atoms with van der Waals surface area (Å²) < 4.78 is 5.26. The van der Waals surface area contributed by atoms with E-state index >= 15 is 0 Å². The van der Waals surface area contributed by atoms with E-state index in [2.05, 4.69) is 10.6 Å². The molecule has 3 amide bonds. The van der Waals surface area contributed by atoms with Crippen molar-refractivity contribution in [1.29, 1.82) is 0 Å². The minimum absolute atomic E-state index is 0.0472. The minimum Gasteiger partial charge on any atom is -0.380 e. The van der Waals surface area contributed by atoms with Crippen LogP contribution in [0.5, 0.6) is 0 Å². The molecule has 0 aliphatic carbocycles. The Morgan fingerprint density at radius 1 is 1.36 bits per heavy atom. The number of rotatable bonds is 4. The number of urea groups is 1. The number of aryl methyl sites for hydroxylation is 1. The number of benzene rings is 1. The minimum atomic E-state index is -0.142. The zero-order valence-corrected chi connectivity index (χ0v) is 13.3. The average Bonchev–Trinajstić information content (AvgIpc) is 2.99.